The summed E-state index contributed by atoms with van der Waals surface area (Å²) in [5, 5.41) is 0. The summed E-state index contributed by atoms with van der Waals surface area (Å²) < 4.78 is 56.6. The van der Waals surface area contributed by atoms with Crippen LogP contribution in [-0.4, -0.2) is 98.6 Å². The van der Waals surface area contributed by atoms with Crippen LogP contribution in [0.25, 0.3) is 0 Å². The molecule has 0 aromatic rings. The highest BCUT2D eigenvalue weighted by Gasteiger charge is 2.54. The second kappa shape index (κ2) is 15.2. The molecule has 216 valence electrons. The van der Waals surface area contributed by atoms with Crippen molar-refractivity contribution in [3.05, 3.63) is 0 Å². The van der Waals surface area contributed by atoms with E-state index in [1.807, 2.05) is 0 Å². The number of hydrogen-bond donors (Lipinski definition) is 0. The van der Waals surface area contributed by atoms with E-state index in [0.29, 0.717) is 0 Å². The fraction of sp³-hybridized carbons (Fsp3) is 0.739. The first kappa shape index (κ1) is 32.7. The van der Waals surface area contributed by atoms with Crippen LogP contribution in [0.5, 0.6) is 0 Å². The molecule has 0 saturated carbocycles. The molecule has 0 aromatic heterocycles. The Hall–Kier alpha value is -3.33. The van der Waals surface area contributed by atoms with Gasteiger partial charge in [-0.05, 0) is 13.8 Å². The van der Waals surface area contributed by atoms with Crippen LogP contribution in [0.3, 0.4) is 0 Å². The molecule has 0 aromatic carbocycles. The van der Waals surface area contributed by atoms with Crippen molar-refractivity contribution in [3.63, 3.8) is 0 Å². The molecule has 0 radical (unpaired) electrons. The van der Waals surface area contributed by atoms with E-state index in [2.05, 4.69) is 9.47 Å². The smallest absolute Gasteiger partial charge is 0.355 e. The second-order valence-corrected chi connectivity index (χ2v) is 7.93. The maximum atomic E-state index is 15.4. The zero-order chi connectivity index (χ0) is 29.0. The van der Waals surface area contributed by atoms with Gasteiger partial charge < -0.3 is 37.9 Å². The first-order valence-corrected chi connectivity index (χ1v) is 11.7. The van der Waals surface area contributed by atoms with Crippen LogP contribution in [-0.2, 0) is 66.7 Å². The number of ether oxygens (including phenoxy) is 8. The van der Waals surface area contributed by atoms with Gasteiger partial charge in [0, 0.05) is 34.1 Å². The van der Waals surface area contributed by atoms with Crippen molar-refractivity contribution in [2.24, 2.45) is 0 Å². The van der Waals surface area contributed by atoms with E-state index in [0.717, 1.165) is 27.7 Å². The molecule has 0 aliphatic carbocycles. The second-order valence-electron chi connectivity index (χ2n) is 7.93. The Kier molecular flexibility index (Phi) is 13.1. The summed E-state index contributed by atoms with van der Waals surface area (Å²) in [4.78, 5) is 71.2. The van der Waals surface area contributed by atoms with Gasteiger partial charge >= 0.3 is 41.5 Å². The quantitative estimate of drug-likeness (QED) is 0.173. The molecular weight excluding hydrogens is 519 g/mol. The lowest BCUT2D eigenvalue weighted by molar-refractivity contribution is -0.308. The molecule has 5 atom stereocenters. The monoisotopic (exact) mass is 552 g/mol. The summed E-state index contributed by atoms with van der Waals surface area (Å²) in [6.45, 7) is 5.43. The molecule has 5 unspecified atom stereocenters. The van der Waals surface area contributed by atoms with Gasteiger partial charge in [-0.15, -0.1) is 0 Å². The summed E-state index contributed by atoms with van der Waals surface area (Å²) >= 11 is 0. The van der Waals surface area contributed by atoms with E-state index in [9.17, 15) is 28.8 Å². The van der Waals surface area contributed by atoms with Gasteiger partial charge in [0.2, 0.25) is 0 Å². The highest BCUT2D eigenvalue weighted by Crippen LogP contribution is 2.31. The molecule has 1 saturated heterocycles. The van der Waals surface area contributed by atoms with Crippen LogP contribution >= 0.6 is 0 Å². The predicted octanol–water partition coefficient (Wildman–Crippen LogP) is 0.311. The van der Waals surface area contributed by atoms with E-state index in [1.54, 1.807) is 0 Å². The minimum Gasteiger partial charge on any atom is -0.463 e. The molecule has 0 amide bonds. The molecule has 0 bridgehead atoms. The van der Waals surface area contributed by atoms with Crippen molar-refractivity contribution in [3.8, 4) is 0 Å². The van der Waals surface area contributed by atoms with Crippen molar-refractivity contribution in [2.75, 3.05) is 26.4 Å². The van der Waals surface area contributed by atoms with Gasteiger partial charge in [-0.25, -0.2) is 14.0 Å². The number of esters is 6. The average molecular weight is 553 g/mol. The van der Waals surface area contributed by atoms with E-state index < -0.39 is 91.8 Å². The maximum Gasteiger partial charge on any atom is 0.355 e. The fourth-order valence-electron chi connectivity index (χ4n) is 3.42. The van der Waals surface area contributed by atoms with E-state index in [4.69, 9.17) is 28.4 Å². The largest absolute Gasteiger partial charge is 0.463 e. The summed E-state index contributed by atoms with van der Waals surface area (Å²) in [7, 11) is 0. The first-order chi connectivity index (χ1) is 17.8. The van der Waals surface area contributed by atoms with Crippen LogP contribution in [0.15, 0.2) is 0 Å². The number of hydrogen-bond acceptors (Lipinski definition) is 14. The minimum absolute atomic E-state index is 0.218. The number of carbonyl (C=O) groups is 6. The van der Waals surface area contributed by atoms with Crippen molar-refractivity contribution in [1.82, 2.24) is 0 Å². The van der Waals surface area contributed by atoms with Crippen LogP contribution in [0.4, 0.5) is 4.39 Å². The Bertz CT molecular complexity index is 856. The Labute approximate surface area is 218 Å². The molecular formula is C23H33FO14. The summed E-state index contributed by atoms with van der Waals surface area (Å²) in [5.41, 5.74) is -3.23. The van der Waals surface area contributed by atoms with E-state index in [1.165, 1.54) is 13.8 Å². The van der Waals surface area contributed by atoms with E-state index >= 15 is 4.39 Å². The molecule has 1 fully saturated rings. The third kappa shape index (κ3) is 9.52. The van der Waals surface area contributed by atoms with Gasteiger partial charge in [0.05, 0.1) is 19.8 Å². The number of rotatable bonds is 13. The first-order valence-electron chi connectivity index (χ1n) is 11.7. The zero-order valence-electron chi connectivity index (χ0n) is 22.0. The standard InChI is InChI=1S/C23H33FO14/c1-7-31-21(29)23(24,22(30)32-8-2)9-10-33-20-19(37-15(6)28)18(36-14(5)27)17(35-13(4)26)16(38-20)11-34-12(3)25/h16-20H,7-11H2,1-6H3. The van der Waals surface area contributed by atoms with Crippen LogP contribution in [0.1, 0.15) is 48.0 Å². The number of alkyl halides is 1. The van der Waals surface area contributed by atoms with Crippen molar-refractivity contribution < 1.29 is 71.1 Å². The summed E-state index contributed by atoms with van der Waals surface area (Å²) in [6.07, 6.45) is -8.30. The zero-order valence-corrected chi connectivity index (χ0v) is 22.0. The van der Waals surface area contributed by atoms with Gasteiger partial charge in [-0.1, -0.05) is 0 Å². The Balaban J connectivity index is 3.31. The third-order valence-corrected chi connectivity index (χ3v) is 4.87. The van der Waals surface area contributed by atoms with Gasteiger partial charge in [0.1, 0.15) is 12.7 Å². The summed E-state index contributed by atoms with van der Waals surface area (Å²) in [6, 6.07) is 0. The highest BCUT2D eigenvalue weighted by atomic mass is 19.1. The molecule has 15 heteroatoms. The Morgan fingerprint density at radius 3 is 1.63 bits per heavy atom. The van der Waals surface area contributed by atoms with Crippen LogP contribution in [0.2, 0.25) is 0 Å². The molecule has 38 heavy (non-hydrogen) atoms. The SMILES string of the molecule is CCOC(=O)C(F)(CCOC1OC(COC(C)=O)C(OC(C)=O)C(OC(C)=O)C1OC(C)=O)C(=O)OCC. The molecule has 0 spiro atoms. The Morgan fingerprint density at radius 2 is 1.18 bits per heavy atom. The lowest BCUT2D eigenvalue weighted by Crippen LogP contribution is -2.63. The van der Waals surface area contributed by atoms with Crippen LogP contribution in [0, 0.1) is 0 Å². The van der Waals surface area contributed by atoms with E-state index in [-0.39, 0.29) is 13.2 Å². The van der Waals surface area contributed by atoms with Crippen molar-refractivity contribution in [2.45, 2.75) is 84.3 Å². The maximum absolute atomic E-state index is 15.4. The molecule has 0 N–H and O–H groups in total. The molecule has 14 nitrogen and oxygen atoms in total. The molecule has 1 heterocycles. The third-order valence-electron chi connectivity index (χ3n) is 4.87. The highest BCUT2D eigenvalue weighted by molar-refractivity contribution is 6.03. The van der Waals surface area contributed by atoms with Gasteiger partial charge in [-0.3, -0.25) is 19.2 Å². The predicted molar refractivity (Wildman–Crippen MR) is 120 cm³/mol. The molecule has 1 aliphatic heterocycles. The average Bonchev–Trinajstić information content (AvgIpc) is 2.80. The number of carbonyl (C=O) groups excluding carboxylic acids is 6. The van der Waals surface area contributed by atoms with Gasteiger partial charge in [0.25, 0.3) is 0 Å². The fourth-order valence-corrected chi connectivity index (χ4v) is 3.42. The van der Waals surface area contributed by atoms with Crippen molar-refractivity contribution in [1.29, 1.82) is 0 Å². The lowest BCUT2D eigenvalue weighted by Gasteiger charge is -2.44. The Morgan fingerprint density at radius 1 is 0.711 bits per heavy atom. The topological polar surface area (TPSA) is 176 Å². The summed E-state index contributed by atoms with van der Waals surface area (Å²) in [5.74, 6) is -6.27. The molecule has 1 aliphatic rings. The number of halogens is 1. The van der Waals surface area contributed by atoms with Gasteiger partial charge in [-0.2, -0.15) is 0 Å². The van der Waals surface area contributed by atoms with Crippen LogP contribution < -0.4 is 0 Å². The lowest BCUT2D eigenvalue weighted by atomic mass is 9.98. The normalized spacial score (nSPS) is 23.0. The van der Waals surface area contributed by atoms with Crippen molar-refractivity contribution >= 4 is 35.8 Å². The van der Waals surface area contributed by atoms with Gasteiger partial charge in [0.15, 0.2) is 24.6 Å². The minimum atomic E-state index is -3.23. The molecule has 1 rings (SSSR count).